The fourth-order valence-electron chi connectivity index (χ4n) is 1.87. The molecule has 0 bridgehead atoms. The number of rotatable bonds is 2. The Kier molecular flexibility index (Phi) is 2.37. The van der Waals surface area contributed by atoms with E-state index < -0.39 is 11.4 Å². The molecule has 2 aliphatic heterocycles. The zero-order valence-electron chi connectivity index (χ0n) is 7.90. The molecule has 4 nitrogen and oxygen atoms in total. The van der Waals surface area contributed by atoms with E-state index in [9.17, 15) is 9.90 Å². The van der Waals surface area contributed by atoms with E-state index in [1.807, 2.05) is 6.08 Å². The standard InChI is InChI=1S/C10H13NO3/c12-9(13)10(4-6-14-7-10)8-3-1-2-5-11-8/h3,5H,1-2,4,6-7H2,(H,12,13). The molecule has 2 heterocycles. The number of nitrogens with zero attached hydrogens (tertiary/aromatic N) is 1. The van der Waals surface area contributed by atoms with Crippen molar-refractivity contribution in [2.45, 2.75) is 19.3 Å². The van der Waals surface area contributed by atoms with Crippen LogP contribution in [0.1, 0.15) is 19.3 Å². The van der Waals surface area contributed by atoms with Crippen LogP contribution in [0.4, 0.5) is 0 Å². The Hall–Kier alpha value is -1.16. The lowest BCUT2D eigenvalue weighted by molar-refractivity contribution is -0.146. The summed E-state index contributed by atoms with van der Waals surface area (Å²) in [6.07, 6.45) is 6.03. The third-order valence-electron chi connectivity index (χ3n) is 2.79. The highest BCUT2D eigenvalue weighted by molar-refractivity contribution is 5.80. The van der Waals surface area contributed by atoms with Crippen molar-refractivity contribution in [2.24, 2.45) is 10.4 Å². The fraction of sp³-hybridized carbons (Fsp3) is 0.600. The average Bonchev–Trinajstić information content (AvgIpc) is 2.69. The van der Waals surface area contributed by atoms with E-state index in [-0.39, 0.29) is 6.61 Å². The summed E-state index contributed by atoms with van der Waals surface area (Å²) in [5, 5.41) is 9.22. The molecule has 1 N–H and O–H groups in total. The molecule has 76 valence electrons. The van der Waals surface area contributed by atoms with Crippen molar-refractivity contribution in [2.75, 3.05) is 13.2 Å². The second kappa shape index (κ2) is 3.53. The summed E-state index contributed by atoms with van der Waals surface area (Å²) < 4.78 is 5.18. The van der Waals surface area contributed by atoms with Gasteiger partial charge in [-0.15, -0.1) is 0 Å². The van der Waals surface area contributed by atoms with Gasteiger partial charge in [-0.3, -0.25) is 9.79 Å². The molecule has 2 aliphatic rings. The van der Waals surface area contributed by atoms with Gasteiger partial charge in [-0.1, -0.05) is 6.08 Å². The molecule has 2 rings (SSSR count). The molecule has 0 aromatic carbocycles. The van der Waals surface area contributed by atoms with Crippen LogP contribution in [0.15, 0.2) is 16.8 Å². The van der Waals surface area contributed by atoms with Crippen LogP contribution in [0.3, 0.4) is 0 Å². The number of carboxylic acids is 1. The molecule has 0 aliphatic carbocycles. The highest BCUT2D eigenvalue weighted by atomic mass is 16.5. The molecule has 0 aromatic heterocycles. The molecule has 0 radical (unpaired) electrons. The summed E-state index contributed by atoms with van der Waals surface area (Å²) in [6, 6.07) is 0. The second-order valence-electron chi connectivity index (χ2n) is 3.67. The van der Waals surface area contributed by atoms with Gasteiger partial charge in [0.05, 0.1) is 12.3 Å². The minimum absolute atomic E-state index is 0.255. The predicted molar refractivity (Wildman–Crippen MR) is 51.3 cm³/mol. The number of allylic oxidation sites excluding steroid dienone is 1. The first-order valence-electron chi connectivity index (χ1n) is 4.80. The zero-order valence-corrected chi connectivity index (χ0v) is 7.90. The molecule has 0 amide bonds. The van der Waals surface area contributed by atoms with Crippen molar-refractivity contribution in [3.63, 3.8) is 0 Å². The molecule has 4 heteroatoms. The van der Waals surface area contributed by atoms with Gasteiger partial charge < -0.3 is 9.84 Å². The first-order chi connectivity index (χ1) is 6.76. The van der Waals surface area contributed by atoms with Gasteiger partial charge >= 0.3 is 5.97 Å². The molecule has 0 spiro atoms. The van der Waals surface area contributed by atoms with E-state index in [0.717, 1.165) is 12.8 Å². The van der Waals surface area contributed by atoms with Gasteiger partial charge in [-0.05, 0) is 19.3 Å². The lowest BCUT2D eigenvalue weighted by Gasteiger charge is -2.24. The van der Waals surface area contributed by atoms with Gasteiger partial charge in [0, 0.05) is 12.8 Å². The molecule has 0 aromatic rings. The Morgan fingerprint density at radius 3 is 2.93 bits per heavy atom. The van der Waals surface area contributed by atoms with Crippen LogP contribution in [-0.4, -0.2) is 30.5 Å². The van der Waals surface area contributed by atoms with Crippen LogP contribution >= 0.6 is 0 Å². The van der Waals surface area contributed by atoms with E-state index in [0.29, 0.717) is 18.7 Å². The number of aliphatic carboxylic acids is 1. The van der Waals surface area contributed by atoms with Crippen molar-refractivity contribution in [3.8, 4) is 0 Å². The Labute approximate surface area is 82.3 Å². The smallest absolute Gasteiger partial charge is 0.318 e. The first kappa shape index (κ1) is 9.40. The summed E-state index contributed by atoms with van der Waals surface area (Å²) in [5.74, 6) is -0.819. The molecule has 14 heavy (non-hydrogen) atoms. The average molecular weight is 195 g/mol. The van der Waals surface area contributed by atoms with Crippen LogP contribution in [0.5, 0.6) is 0 Å². The second-order valence-corrected chi connectivity index (χ2v) is 3.67. The van der Waals surface area contributed by atoms with Gasteiger partial charge in [0.25, 0.3) is 0 Å². The van der Waals surface area contributed by atoms with Gasteiger partial charge in [0.1, 0.15) is 5.41 Å². The van der Waals surface area contributed by atoms with Crippen molar-refractivity contribution >= 4 is 12.2 Å². The largest absolute Gasteiger partial charge is 0.480 e. The molecule has 1 unspecified atom stereocenters. The maximum atomic E-state index is 11.2. The lowest BCUT2D eigenvalue weighted by atomic mass is 9.82. The number of aliphatic imine (C=N–C) groups is 1. The first-order valence-corrected chi connectivity index (χ1v) is 4.80. The van der Waals surface area contributed by atoms with Gasteiger partial charge in [-0.2, -0.15) is 0 Å². The topological polar surface area (TPSA) is 58.9 Å². The van der Waals surface area contributed by atoms with Crippen molar-refractivity contribution in [3.05, 3.63) is 11.8 Å². The Morgan fingerprint density at radius 1 is 1.57 bits per heavy atom. The fourth-order valence-corrected chi connectivity index (χ4v) is 1.87. The van der Waals surface area contributed by atoms with Crippen LogP contribution in [0, 0.1) is 5.41 Å². The van der Waals surface area contributed by atoms with E-state index in [1.165, 1.54) is 0 Å². The summed E-state index contributed by atoms with van der Waals surface area (Å²) in [6.45, 7) is 0.769. The van der Waals surface area contributed by atoms with Crippen LogP contribution < -0.4 is 0 Å². The number of ether oxygens (including phenoxy) is 1. The SMILES string of the molecule is O=C(O)C1(C2=CCCC=N2)CCOC1. The van der Waals surface area contributed by atoms with Crippen molar-refractivity contribution < 1.29 is 14.6 Å². The number of carbonyl (C=O) groups is 1. The zero-order chi connectivity index (χ0) is 10.0. The summed E-state index contributed by atoms with van der Waals surface area (Å²) in [4.78, 5) is 15.4. The summed E-state index contributed by atoms with van der Waals surface area (Å²) in [5.41, 5.74) is -0.203. The van der Waals surface area contributed by atoms with Crippen LogP contribution in [0.25, 0.3) is 0 Å². The maximum Gasteiger partial charge on any atom is 0.318 e. The van der Waals surface area contributed by atoms with Crippen molar-refractivity contribution in [1.82, 2.24) is 0 Å². The van der Waals surface area contributed by atoms with E-state index in [1.54, 1.807) is 6.21 Å². The van der Waals surface area contributed by atoms with E-state index >= 15 is 0 Å². The van der Waals surface area contributed by atoms with E-state index in [4.69, 9.17) is 4.74 Å². The minimum Gasteiger partial charge on any atom is -0.480 e. The number of carboxylic acid groups (broad SMARTS) is 1. The quantitative estimate of drug-likeness (QED) is 0.720. The van der Waals surface area contributed by atoms with Crippen molar-refractivity contribution in [1.29, 1.82) is 0 Å². The third-order valence-corrected chi connectivity index (χ3v) is 2.79. The maximum absolute atomic E-state index is 11.2. The number of hydrogen-bond acceptors (Lipinski definition) is 3. The Balaban J connectivity index is 2.30. The highest BCUT2D eigenvalue weighted by Gasteiger charge is 2.46. The third kappa shape index (κ3) is 1.35. The molecular weight excluding hydrogens is 182 g/mol. The molecule has 0 saturated carbocycles. The minimum atomic E-state index is -0.878. The molecular formula is C10H13NO3. The summed E-state index contributed by atoms with van der Waals surface area (Å²) >= 11 is 0. The van der Waals surface area contributed by atoms with Crippen LogP contribution in [-0.2, 0) is 9.53 Å². The summed E-state index contributed by atoms with van der Waals surface area (Å²) in [7, 11) is 0. The lowest BCUT2D eigenvalue weighted by Crippen LogP contribution is -2.33. The number of hydrogen-bond donors (Lipinski definition) is 1. The monoisotopic (exact) mass is 195 g/mol. The molecule has 1 atom stereocenters. The van der Waals surface area contributed by atoms with Gasteiger partial charge in [0.15, 0.2) is 0 Å². The Morgan fingerprint density at radius 2 is 2.43 bits per heavy atom. The Bertz CT molecular complexity index is 300. The normalized spacial score (nSPS) is 31.6. The van der Waals surface area contributed by atoms with Gasteiger partial charge in [0.2, 0.25) is 0 Å². The van der Waals surface area contributed by atoms with E-state index in [2.05, 4.69) is 4.99 Å². The predicted octanol–water partition coefficient (Wildman–Crippen LogP) is 1.23. The highest BCUT2D eigenvalue weighted by Crippen LogP contribution is 2.38. The molecule has 1 saturated heterocycles. The molecule has 1 fully saturated rings. The van der Waals surface area contributed by atoms with Gasteiger partial charge in [-0.25, -0.2) is 0 Å². The van der Waals surface area contributed by atoms with Crippen LogP contribution in [0.2, 0.25) is 0 Å².